The van der Waals surface area contributed by atoms with Gasteiger partial charge in [0.1, 0.15) is 0 Å². The zero-order valence-corrected chi connectivity index (χ0v) is 12.6. The molecule has 0 aromatic heterocycles. The van der Waals surface area contributed by atoms with Crippen LogP contribution in [0.4, 0.5) is 13.2 Å². The molecular formula is C17H16ClF3. The van der Waals surface area contributed by atoms with E-state index in [2.05, 4.69) is 13.8 Å². The zero-order chi connectivity index (χ0) is 15.6. The van der Waals surface area contributed by atoms with Gasteiger partial charge in [-0.15, -0.1) is 0 Å². The Morgan fingerprint density at radius 1 is 1.00 bits per heavy atom. The van der Waals surface area contributed by atoms with Crippen LogP contribution in [0.25, 0.3) is 0 Å². The van der Waals surface area contributed by atoms with Crippen LogP contribution < -0.4 is 0 Å². The van der Waals surface area contributed by atoms with Gasteiger partial charge in [-0.1, -0.05) is 55.8 Å². The molecule has 0 nitrogen and oxygen atoms in total. The quantitative estimate of drug-likeness (QED) is 0.645. The van der Waals surface area contributed by atoms with E-state index in [1.54, 1.807) is 0 Å². The Morgan fingerprint density at radius 2 is 1.62 bits per heavy atom. The summed E-state index contributed by atoms with van der Waals surface area (Å²) in [5, 5.41) is 0.701. The second-order valence-electron chi connectivity index (χ2n) is 5.35. The highest BCUT2D eigenvalue weighted by atomic mass is 35.5. The summed E-state index contributed by atoms with van der Waals surface area (Å²) in [6.45, 7) is 4.12. The van der Waals surface area contributed by atoms with Crippen LogP contribution in [0.5, 0.6) is 0 Å². The second kappa shape index (κ2) is 6.10. The minimum atomic E-state index is -4.30. The Balaban J connectivity index is 2.25. The van der Waals surface area contributed by atoms with Crippen LogP contribution in [-0.2, 0) is 12.6 Å². The fourth-order valence-corrected chi connectivity index (χ4v) is 2.62. The van der Waals surface area contributed by atoms with Crippen molar-refractivity contribution in [1.82, 2.24) is 0 Å². The summed E-state index contributed by atoms with van der Waals surface area (Å²) in [6, 6.07) is 11.0. The SMILES string of the molecule is CC(C)c1cccc(Cc2ccc(C(F)(F)F)cc2)c1Cl. The molecule has 21 heavy (non-hydrogen) atoms. The molecule has 0 amide bonds. The van der Waals surface area contributed by atoms with Crippen molar-refractivity contribution in [3.05, 3.63) is 69.7 Å². The molecule has 2 aromatic carbocycles. The molecule has 4 heteroatoms. The molecule has 0 unspecified atom stereocenters. The predicted octanol–water partition coefficient (Wildman–Crippen LogP) is 6.07. The molecule has 0 aliphatic carbocycles. The van der Waals surface area contributed by atoms with Gasteiger partial charge in [-0.2, -0.15) is 13.2 Å². The lowest BCUT2D eigenvalue weighted by Crippen LogP contribution is -2.04. The third kappa shape index (κ3) is 3.79. The molecule has 0 aliphatic heterocycles. The molecule has 0 heterocycles. The van der Waals surface area contributed by atoms with Crippen molar-refractivity contribution >= 4 is 11.6 Å². The summed E-state index contributed by atoms with van der Waals surface area (Å²) in [5.74, 6) is 0.310. The van der Waals surface area contributed by atoms with Crippen LogP contribution in [0.2, 0.25) is 5.02 Å². The van der Waals surface area contributed by atoms with E-state index in [0.29, 0.717) is 17.4 Å². The molecule has 0 N–H and O–H groups in total. The summed E-state index contributed by atoms with van der Waals surface area (Å²) in [4.78, 5) is 0. The highest BCUT2D eigenvalue weighted by Crippen LogP contribution is 2.31. The smallest absolute Gasteiger partial charge is 0.166 e. The predicted molar refractivity (Wildman–Crippen MR) is 79.8 cm³/mol. The van der Waals surface area contributed by atoms with Crippen LogP contribution >= 0.6 is 11.6 Å². The van der Waals surface area contributed by atoms with Gasteiger partial charge in [0.05, 0.1) is 5.56 Å². The Bertz CT molecular complexity index is 613. The van der Waals surface area contributed by atoms with Crippen LogP contribution in [0.1, 0.15) is 42.0 Å². The molecule has 2 rings (SSSR count). The summed E-state index contributed by atoms with van der Waals surface area (Å²) < 4.78 is 37.6. The van der Waals surface area contributed by atoms with Gasteiger partial charge >= 0.3 is 6.18 Å². The first-order chi connectivity index (χ1) is 9.79. The van der Waals surface area contributed by atoms with Crippen molar-refractivity contribution in [2.24, 2.45) is 0 Å². The first-order valence-corrected chi connectivity index (χ1v) is 7.10. The average molecular weight is 313 g/mol. The molecule has 2 aromatic rings. The summed E-state index contributed by atoms with van der Waals surface area (Å²) in [7, 11) is 0. The van der Waals surface area contributed by atoms with E-state index in [4.69, 9.17) is 11.6 Å². The van der Waals surface area contributed by atoms with Crippen molar-refractivity contribution in [3.8, 4) is 0 Å². The second-order valence-corrected chi connectivity index (χ2v) is 5.72. The molecular weight excluding hydrogens is 297 g/mol. The fraction of sp³-hybridized carbons (Fsp3) is 0.294. The van der Waals surface area contributed by atoms with E-state index in [1.807, 2.05) is 18.2 Å². The van der Waals surface area contributed by atoms with E-state index in [9.17, 15) is 13.2 Å². The molecule has 0 bridgehead atoms. The van der Waals surface area contributed by atoms with E-state index in [0.717, 1.165) is 28.8 Å². The largest absolute Gasteiger partial charge is 0.416 e. The molecule has 0 fully saturated rings. The van der Waals surface area contributed by atoms with Gasteiger partial charge in [-0.25, -0.2) is 0 Å². The van der Waals surface area contributed by atoms with E-state index < -0.39 is 11.7 Å². The maximum Gasteiger partial charge on any atom is 0.416 e. The Labute approximate surface area is 127 Å². The third-order valence-corrected chi connectivity index (χ3v) is 3.87. The Hall–Kier alpha value is -1.48. The molecule has 0 atom stereocenters. The normalized spacial score (nSPS) is 12.0. The number of hydrogen-bond donors (Lipinski definition) is 0. The van der Waals surface area contributed by atoms with Crippen molar-refractivity contribution in [1.29, 1.82) is 0 Å². The van der Waals surface area contributed by atoms with Crippen molar-refractivity contribution in [3.63, 3.8) is 0 Å². The van der Waals surface area contributed by atoms with Gasteiger partial charge in [0, 0.05) is 5.02 Å². The molecule has 0 radical (unpaired) electrons. The lowest BCUT2D eigenvalue weighted by atomic mass is 9.97. The number of hydrogen-bond acceptors (Lipinski definition) is 0. The average Bonchev–Trinajstić information content (AvgIpc) is 2.40. The topological polar surface area (TPSA) is 0 Å². The van der Waals surface area contributed by atoms with Crippen LogP contribution in [-0.4, -0.2) is 0 Å². The molecule has 0 saturated heterocycles. The van der Waals surface area contributed by atoms with Gasteiger partial charge in [-0.05, 0) is 41.2 Å². The van der Waals surface area contributed by atoms with Gasteiger partial charge < -0.3 is 0 Å². The van der Waals surface area contributed by atoms with E-state index in [1.165, 1.54) is 12.1 Å². The number of alkyl halides is 3. The maximum atomic E-state index is 12.5. The summed E-state index contributed by atoms with van der Waals surface area (Å²) in [5.41, 5.74) is 2.17. The fourth-order valence-electron chi connectivity index (χ4n) is 2.21. The van der Waals surface area contributed by atoms with Gasteiger partial charge in [-0.3, -0.25) is 0 Å². The molecule has 0 spiro atoms. The lowest BCUT2D eigenvalue weighted by Gasteiger charge is -2.13. The van der Waals surface area contributed by atoms with Crippen molar-refractivity contribution < 1.29 is 13.2 Å². The standard InChI is InChI=1S/C17H16ClF3/c1-11(2)15-5-3-4-13(16(15)18)10-12-6-8-14(9-7-12)17(19,20)21/h3-9,11H,10H2,1-2H3. The molecule has 0 aliphatic rings. The van der Waals surface area contributed by atoms with E-state index >= 15 is 0 Å². The van der Waals surface area contributed by atoms with Gasteiger partial charge in [0.15, 0.2) is 0 Å². The number of benzene rings is 2. The Morgan fingerprint density at radius 3 is 2.14 bits per heavy atom. The van der Waals surface area contributed by atoms with E-state index in [-0.39, 0.29) is 0 Å². The zero-order valence-electron chi connectivity index (χ0n) is 11.8. The number of rotatable bonds is 3. The van der Waals surface area contributed by atoms with Crippen LogP contribution in [0.3, 0.4) is 0 Å². The molecule has 0 saturated carbocycles. The van der Waals surface area contributed by atoms with Gasteiger partial charge in [0.2, 0.25) is 0 Å². The first kappa shape index (κ1) is 15.9. The third-order valence-electron chi connectivity index (χ3n) is 3.41. The van der Waals surface area contributed by atoms with Crippen LogP contribution in [0.15, 0.2) is 42.5 Å². The minimum Gasteiger partial charge on any atom is -0.166 e. The van der Waals surface area contributed by atoms with Crippen molar-refractivity contribution in [2.75, 3.05) is 0 Å². The highest BCUT2D eigenvalue weighted by molar-refractivity contribution is 6.32. The Kier molecular flexibility index (Phi) is 4.62. The highest BCUT2D eigenvalue weighted by Gasteiger charge is 2.29. The monoisotopic (exact) mass is 312 g/mol. The summed E-state index contributed by atoms with van der Waals surface area (Å²) >= 11 is 6.38. The van der Waals surface area contributed by atoms with Crippen LogP contribution in [0, 0.1) is 0 Å². The summed E-state index contributed by atoms with van der Waals surface area (Å²) in [6.07, 6.45) is -3.77. The maximum absolute atomic E-state index is 12.5. The number of halogens is 4. The lowest BCUT2D eigenvalue weighted by molar-refractivity contribution is -0.137. The first-order valence-electron chi connectivity index (χ1n) is 6.72. The van der Waals surface area contributed by atoms with Gasteiger partial charge in [0.25, 0.3) is 0 Å². The molecule has 112 valence electrons. The minimum absolute atomic E-state index is 0.310. The van der Waals surface area contributed by atoms with Crippen molar-refractivity contribution in [2.45, 2.75) is 32.4 Å².